The van der Waals surface area contributed by atoms with Crippen LogP contribution in [0.15, 0.2) is 59.6 Å². The molecule has 182 valence electrons. The summed E-state index contributed by atoms with van der Waals surface area (Å²) in [6, 6.07) is 8.50. The van der Waals surface area contributed by atoms with Crippen molar-refractivity contribution in [3.8, 4) is 23.5 Å². The first-order valence-corrected chi connectivity index (χ1v) is 10.6. The lowest BCUT2D eigenvalue weighted by Gasteiger charge is -2.20. The lowest BCUT2D eigenvalue weighted by Crippen LogP contribution is -2.41. The molecular weight excluding hydrogens is 455 g/mol. The van der Waals surface area contributed by atoms with Crippen LogP contribution in [0.5, 0.6) is 5.88 Å². The van der Waals surface area contributed by atoms with E-state index in [1.54, 1.807) is 57.3 Å². The number of alkyl carbamates (subject to hydrolysis) is 1. The Labute approximate surface area is 201 Å². The molecule has 0 aliphatic carbocycles. The number of hydrogen-bond donors (Lipinski definition) is 1. The number of pyridine rings is 2. The van der Waals surface area contributed by atoms with Gasteiger partial charge in [0.2, 0.25) is 5.88 Å². The third-order valence-corrected chi connectivity index (χ3v) is 4.37. The number of methoxy groups -OCH3 is 1. The molecule has 0 spiro atoms. The van der Waals surface area contributed by atoms with E-state index in [2.05, 4.69) is 32.2 Å². The van der Waals surface area contributed by atoms with Crippen molar-refractivity contribution in [2.75, 3.05) is 13.7 Å². The highest BCUT2D eigenvalue weighted by atomic mass is 19.1. The van der Waals surface area contributed by atoms with Gasteiger partial charge in [-0.1, -0.05) is 12.0 Å². The van der Waals surface area contributed by atoms with Gasteiger partial charge in [0.05, 0.1) is 20.0 Å². The molecular formula is C24H25FN6O4. The number of rotatable bonds is 6. The van der Waals surface area contributed by atoms with Crippen molar-refractivity contribution in [3.63, 3.8) is 0 Å². The molecule has 0 aliphatic rings. The number of amides is 1. The minimum atomic E-state index is -0.692. The van der Waals surface area contributed by atoms with Gasteiger partial charge in [-0.2, -0.15) is 5.10 Å². The molecule has 11 heteroatoms. The fraction of sp³-hybridized carbons (Fsp3) is 0.292. The molecule has 0 aliphatic heterocycles. The summed E-state index contributed by atoms with van der Waals surface area (Å²) in [6.07, 6.45) is 2.45. The topological polar surface area (TPSA) is 113 Å². The first-order valence-electron chi connectivity index (χ1n) is 10.6. The van der Waals surface area contributed by atoms with Crippen molar-refractivity contribution in [2.24, 2.45) is 0 Å². The number of aromatic nitrogens is 5. The van der Waals surface area contributed by atoms with Crippen LogP contribution in [0.3, 0.4) is 0 Å². The van der Waals surface area contributed by atoms with E-state index in [0.717, 1.165) is 4.68 Å². The number of ether oxygens (including phenoxy) is 2. The van der Waals surface area contributed by atoms with Gasteiger partial charge in [-0.15, -0.1) is 0 Å². The van der Waals surface area contributed by atoms with Gasteiger partial charge in [-0.25, -0.2) is 33.2 Å². The van der Waals surface area contributed by atoms with Gasteiger partial charge in [-0.05, 0) is 44.9 Å². The van der Waals surface area contributed by atoms with Crippen LogP contribution in [0.4, 0.5) is 9.18 Å². The molecule has 1 amide bonds. The van der Waals surface area contributed by atoms with Gasteiger partial charge < -0.3 is 14.8 Å². The molecule has 3 rings (SSSR count). The second-order valence-electron chi connectivity index (χ2n) is 8.38. The molecule has 0 bridgehead atoms. The average molecular weight is 481 g/mol. The maximum atomic E-state index is 13.4. The van der Waals surface area contributed by atoms with Crippen molar-refractivity contribution < 1.29 is 18.7 Å². The SMILES string of the molecule is COc1ccc(C#Cc2cccc(-n3cnn(C/C(=C\F)COC(=O)NC(C)(C)C)c3=O)n2)cn1. The van der Waals surface area contributed by atoms with Crippen LogP contribution in [-0.2, 0) is 11.3 Å². The number of nitrogens with zero attached hydrogens (tertiary/aromatic N) is 5. The molecule has 3 aromatic heterocycles. The number of carbonyl (C=O) groups excluding carboxylic acids is 1. The molecule has 3 heterocycles. The van der Waals surface area contributed by atoms with Crippen molar-refractivity contribution in [2.45, 2.75) is 32.9 Å². The summed E-state index contributed by atoms with van der Waals surface area (Å²) in [4.78, 5) is 33.1. The smallest absolute Gasteiger partial charge is 0.407 e. The monoisotopic (exact) mass is 480 g/mol. The summed E-state index contributed by atoms with van der Waals surface area (Å²) >= 11 is 0. The van der Waals surface area contributed by atoms with E-state index in [0.29, 0.717) is 23.0 Å². The fourth-order valence-corrected chi connectivity index (χ4v) is 2.75. The van der Waals surface area contributed by atoms with Crippen molar-refractivity contribution in [1.82, 2.24) is 29.6 Å². The zero-order valence-corrected chi connectivity index (χ0v) is 19.8. The Morgan fingerprint density at radius 1 is 1.23 bits per heavy atom. The summed E-state index contributed by atoms with van der Waals surface area (Å²) in [5.41, 5.74) is 0.124. The van der Waals surface area contributed by atoms with Crippen molar-refractivity contribution in [3.05, 3.63) is 76.5 Å². The lowest BCUT2D eigenvalue weighted by molar-refractivity contribution is 0.145. The van der Waals surface area contributed by atoms with Crippen LogP contribution >= 0.6 is 0 Å². The van der Waals surface area contributed by atoms with Crippen molar-refractivity contribution in [1.29, 1.82) is 0 Å². The molecule has 0 saturated heterocycles. The Bertz CT molecular complexity index is 1330. The van der Waals surface area contributed by atoms with E-state index in [9.17, 15) is 14.0 Å². The Hall–Kier alpha value is -4.46. The minimum Gasteiger partial charge on any atom is -0.481 e. The van der Waals surface area contributed by atoms with Crippen molar-refractivity contribution >= 4 is 6.09 Å². The molecule has 0 aromatic carbocycles. The van der Waals surface area contributed by atoms with Gasteiger partial charge in [0, 0.05) is 28.9 Å². The van der Waals surface area contributed by atoms with Gasteiger partial charge in [-0.3, -0.25) is 0 Å². The number of carbonyl (C=O) groups is 1. The van der Waals surface area contributed by atoms with E-state index >= 15 is 0 Å². The van der Waals surface area contributed by atoms with Gasteiger partial charge in [0.15, 0.2) is 0 Å². The third kappa shape index (κ3) is 7.26. The zero-order chi connectivity index (χ0) is 25.4. The Balaban J connectivity index is 1.71. The predicted octanol–water partition coefficient (Wildman–Crippen LogP) is 2.61. The summed E-state index contributed by atoms with van der Waals surface area (Å²) in [5.74, 6) is 6.65. The predicted molar refractivity (Wildman–Crippen MR) is 126 cm³/mol. The van der Waals surface area contributed by atoms with Crippen LogP contribution in [0.1, 0.15) is 32.0 Å². The molecule has 1 N–H and O–H groups in total. The highest BCUT2D eigenvalue weighted by Gasteiger charge is 2.16. The molecule has 0 radical (unpaired) electrons. The van der Waals surface area contributed by atoms with E-state index in [1.165, 1.54) is 18.0 Å². The highest BCUT2D eigenvalue weighted by molar-refractivity contribution is 5.68. The van der Waals surface area contributed by atoms with Gasteiger partial charge in [0.25, 0.3) is 0 Å². The molecule has 35 heavy (non-hydrogen) atoms. The van der Waals surface area contributed by atoms with E-state index in [4.69, 9.17) is 9.47 Å². The maximum absolute atomic E-state index is 13.4. The molecule has 10 nitrogen and oxygen atoms in total. The molecule has 0 unspecified atom stereocenters. The summed E-state index contributed by atoms with van der Waals surface area (Å²) in [7, 11) is 1.53. The van der Waals surface area contributed by atoms with Crippen LogP contribution in [0.25, 0.3) is 5.82 Å². The Kier molecular flexibility index (Phi) is 7.99. The maximum Gasteiger partial charge on any atom is 0.407 e. The van der Waals surface area contributed by atoms with Crippen LogP contribution in [0.2, 0.25) is 0 Å². The summed E-state index contributed by atoms with van der Waals surface area (Å²) in [6.45, 7) is 4.84. The minimum absolute atomic E-state index is 0.0575. The summed E-state index contributed by atoms with van der Waals surface area (Å²) < 4.78 is 25.6. The number of hydrogen-bond acceptors (Lipinski definition) is 7. The highest BCUT2D eigenvalue weighted by Crippen LogP contribution is 2.07. The average Bonchev–Trinajstić information content (AvgIpc) is 3.19. The molecule has 3 aromatic rings. The van der Waals surface area contributed by atoms with E-state index < -0.39 is 17.3 Å². The molecule has 0 atom stereocenters. The summed E-state index contributed by atoms with van der Waals surface area (Å²) in [5, 5.41) is 6.62. The van der Waals surface area contributed by atoms with Crippen LogP contribution in [-0.4, -0.2) is 49.7 Å². The van der Waals surface area contributed by atoms with Crippen LogP contribution < -0.4 is 15.7 Å². The van der Waals surface area contributed by atoms with E-state index in [1.807, 2.05) is 0 Å². The first-order chi connectivity index (χ1) is 16.7. The van der Waals surface area contributed by atoms with E-state index in [-0.39, 0.29) is 25.1 Å². The van der Waals surface area contributed by atoms with Gasteiger partial charge >= 0.3 is 11.8 Å². The molecule has 0 saturated carbocycles. The first kappa shape index (κ1) is 25.2. The standard InChI is InChI=1S/C24H25FN6O4/c1-24(2,3)29-22(32)35-15-18(12-25)14-31-23(33)30(16-27-31)20-7-5-6-19(28-20)10-8-17-9-11-21(34-4)26-13-17/h5-7,9,11-13,16H,14-15H2,1-4H3,(H,29,32)/b18-12+. The number of nitrogens with one attached hydrogen (secondary N) is 1. The zero-order valence-electron chi connectivity index (χ0n) is 19.8. The van der Waals surface area contributed by atoms with Gasteiger partial charge in [0.1, 0.15) is 24.4 Å². The molecule has 0 fully saturated rings. The largest absolute Gasteiger partial charge is 0.481 e. The fourth-order valence-electron chi connectivity index (χ4n) is 2.75. The Morgan fingerprint density at radius 3 is 2.69 bits per heavy atom. The van der Waals surface area contributed by atoms with Crippen LogP contribution in [0, 0.1) is 11.8 Å². The second-order valence-corrected chi connectivity index (χ2v) is 8.38. The normalized spacial score (nSPS) is 11.4. The Morgan fingerprint density at radius 2 is 2.03 bits per heavy atom. The lowest BCUT2D eigenvalue weighted by atomic mass is 10.1. The number of halogens is 1. The third-order valence-electron chi connectivity index (χ3n) is 4.37. The quantitative estimate of drug-likeness (QED) is 0.540. The second kappa shape index (κ2) is 11.1.